The van der Waals surface area contributed by atoms with Crippen molar-refractivity contribution < 1.29 is 9.53 Å². The van der Waals surface area contributed by atoms with Crippen LogP contribution in [0.4, 0.5) is 0 Å². The molecule has 0 saturated carbocycles. The highest BCUT2D eigenvalue weighted by atomic mass is 79.9. The van der Waals surface area contributed by atoms with Crippen molar-refractivity contribution >= 4 is 44.9 Å². The molecule has 0 aromatic heterocycles. The molecule has 0 spiro atoms. The summed E-state index contributed by atoms with van der Waals surface area (Å²) >= 11 is 15.2. The van der Waals surface area contributed by atoms with E-state index in [4.69, 9.17) is 27.9 Å². The highest BCUT2D eigenvalue weighted by Gasteiger charge is 2.11. The fourth-order valence-corrected chi connectivity index (χ4v) is 2.29. The van der Waals surface area contributed by atoms with E-state index in [0.717, 1.165) is 10.0 Å². The fourth-order valence-electron chi connectivity index (χ4n) is 1.63. The van der Waals surface area contributed by atoms with Gasteiger partial charge in [-0.1, -0.05) is 51.3 Å². The summed E-state index contributed by atoms with van der Waals surface area (Å²) in [6.45, 7) is 0.341. The molecule has 0 aliphatic heterocycles. The molecule has 0 amide bonds. The number of carbonyl (C=O) groups excluding carboxylic acids is 1. The quantitative estimate of drug-likeness (QED) is 0.677. The molecule has 0 fully saturated rings. The number of Topliss-reactive ketones (excluding diaryl/α,β-unsaturated/α-hetero) is 1. The highest BCUT2D eigenvalue weighted by Crippen LogP contribution is 2.21. The largest absolute Gasteiger partial charge is 0.369 e. The third kappa shape index (κ3) is 4.32. The molecule has 0 heterocycles. The average molecular weight is 374 g/mol. The van der Waals surface area contributed by atoms with Crippen molar-refractivity contribution in [3.8, 4) is 0 Å². The van der Waals surface area contributed by atoms with Gasteiger partial charge in [-0.05, 0) is 35.9 Å². The van der Waals surface area contributed by atoms with E-state index < -0.39 is 0 Å². The van der Waals surface area contributed by atoms with E-state index in [2.05, 4.69) is 15.9 Å². The first-order chi connectivity index (χ1) is 9.56. The number of halogens is 3. The van der Waals surface area contributed by atoms with E-state index in [1.807, 2.05) is 24.3 Å². The molecule has 104 valence electrons. The van der Waals surface area contributed by atoms with Crippen LogP contribution in [0.1, 0.15) is 15.9 Å². The topological polar surface area (TPSA) is 26.3 Å². The van der Waals surface area contributed by atoms with E-state index in [1.54, 1.807) is 18.2 Å². The Balaban J connectivity index is 1.92. The molecule has 0 aliphatic carbocycles. The first-order valence-electron chi connectivity index (χ1n) is 5.86. The molecular formula is C15H11BrCl2O2. The lowest BCUT2D eigenvalue weighted by atomic mass is 10.1. The Labute approximate surface area is 135 Å². The van der Waals surface area contributed by atoms with Crippen molar-refractivity contribution in [3.05, 3.63) is 68.1 Å². The summed E-state index contributed by atoms with van der Waals surface area (Å²) < 4.78 is 6.41. The van der Waals surface area contributed by atoms with Gasteiger partial charge in [-0.3, -0.25) is 4.79 Å². The second-order valence-electron chi connectivity index (χ2n) is 4.17. The van der Waals surface area contributed by atoms with E-state index >= 15 is 0 Å². The van der Waals surface area contributed by atoms with Crippen molar-refractivity contribution in [2.45, 2.75) is 6.61 Å². The average Bonchev–Trinajstić information content (AvgIpc) is 2.43. The Kier molecular flexibility index (Phi) is 5.61. The normalized spacial score (nSPS) is 10.6. The maximum absolute atomic E-state index is 12.0. The van der Waals surface area contributed by atoms with Gasteiger partial charge in [0.05, 0.1) is 11.6 Å². The monoisotopic (exact) mass is 372 g/mol. The summed E-state index contributed by atoms with van der Waals surface area (Å²) in [5.41, 5.74) is 1.38. The van der Waals surface area contributed by atoms with Crippen LogP contribution < -0.4 is 0 Å². The standard InChI is InChI=1S/C15H11BrCl2O2/c16-11-3-1-10(2-4-11)8-20-9-15(19)13-7-12(17)5-6-14(13)18/h1-7H,8-9H2. The maximum Gasteiger partial charge on any atom is 0.190 e. The molecule has 20 heavy (non-hydrogen) atoms. The number of hydrogen-bond acceptors (Lipinski definition) is 2. The summed E-state index contributed by atoms with van der Waals surface area (Å²) in [7, 11) is 0. The lowest BCUT2D eigenvalue weighted by Crippen LogP contribution is -2.09. The van der Waals surface area contributed by atoms with E-state index in [9.17, 15) is 4.79 Å². The molecule has 0 N–H and O–H groups in total. The lowest BCUT2D eigenvalue weighted by molar-refractivity contribution is 0.0726. The van der Waals surface area contributed by atoms with Crippen molar-refractivity contribution in [3.63, 3.8) is 0 Å². The predicted octanol–water partition coefficient (Wildman–Crippen LogP) is 5.16. The van der Waals surface area contributed by atoms with E-state index in [1.165, 1.54) is 0 Å². The zero-order valence-electron chi connectivity index (χ0n) is 10.4. The van der Waals surface area contributed by atoms with Gasteiger partial charge in [-0.2, -0.15) is 0 Å². The molecule has 0 saturated heterocycles. The molecule has 2 aromatic rings. The zero-order valence-corrected chi connectivity index (χ0v) is 13.5. The van der Waals surface area contributed by atoms with Crippen molar-refractivity contribution in [1.29, 1.82) is 0 Å². The third-order valence-corrected chi connectivity index (χ3v) is 3.74. The van der Waals surface area contributed by atoms with Crippen LogP contribution in [-0.2, 0) is 11.3 Å². The van der Waals surface area contributed by atoms with Crippen molar-refractivity contribution in [1.82, 2.24) is 0 Å². The fraction of sp³-hybridized carbons (Fsp3) is 0.133. The molecule has 0 radical (unpaired) electrons. The molecule has 0 aliphatic rings. The number of benzene rings is 2. The summed E-state index contributed by atoms with van der Waals surface area (Å²) in [5, 5.41) is 0.859. The van der Waals surface area contributed by atoms with Gasteiger partial charge in [0, 0.05) is 15.1 Å². The Hall–Kier alpha value is -0.870. The van der Waals surface area contributed by atoms with Gasteiger partial charge in [0.15, 0.2) is 5.78 Å². The molecule has 0 unspecified atom stereocenters. The van der Waals surface area contributed by atoms with Crippen LogP contribution in [0.25, 0.3) is 0 Å². The molecule has 2 nitrogen and oxygen atoms in total. The summed E-state index contributed by atoms with van der Waals surface area (Å²) in [6.07, 6.45) is 0. The van der Waals surface area contributed by atoms with Crippen LogP contribution >= 0.6 is 39.1 Å². The van der Waals surface area contributed by atoms with Gasteiger partial charge in [-0.15, -0.1) is 0 Å². The van der Waals surface area contributed by atoms with E-state index in [0.29, 0.717) is 22.2 Å². The van der Waals surface area contributed by atoms with Crippen LogP contribution in [0.3, 0.4) is 0 Å². The number of ketones is 1. The number of rotatable bonds is 5. The minimum atomic E-state index is -0.186. The van der Waals surface area contributed by atoms with Gasteiger partial charge < -0.3 is 4.74 Å². The maximum atomic E-state index is 12.0. The summed E-state index contributed by atoms with van der Waals surface area (Å²) in [4.78, 5) is 12.0. The SMILES string of the molecule is O=C(COCc1ccc(Br)cc1)c1cc(Cl)ccc1Cl. The molecular weight excluding hydrogens is 363 g/mol. The first-order valence-corrected chi connectivity index (χ1v) is 7.41. The van der Waals surface area contributed by atoms with Crippen LogP contribution in [0.2, 0.25) is 10.0 Å². The predicted molar refractivity (Wildman–Crippen MR) is 84.6 cm³/mol. The Bertz CT molecular complexity index is 612. The highest BCUT2D eigenvalue weighted by molar-refractivity contribution is 9.10. The van der Waals surface area contributed by atoms with Crippen molar-refractivity contribution in [2.75, 3.05) is 6.61 Å². The Morgan fingerprint density at radius 2 is 1.80 bits per heavy atom. The smallest absolute Gasteiger partial charge is 0.190 e. The number of hydrogen-bond donors (Lipinski definition) is 0. The van der Waals surface area contributed by atoms with Gasteiger partial charge >= 0.3 is 0 Å². The summed E-state index contributed by atoms with van der Waals surface area (Å²) in [5.74, 6) is -0.186. The lowest BCUT2D eigenvalue weighted by Gasteiger charge is -2.06. The Morgan fingerprint density at radius 3 is 2.50 bits per heavy atom. The molecule has 2 rings (SSSR count). The van der Waals surface area contributed by atoms with Gasteiger partial charge in [0.1, 0.15) is 6.61 Å². The second-order valence-corrected chi connectivity index (χ2v) is 5.93. The van der Waals surface area contributed by atoms with Gasteiger partial charge in [0.2, 0.25) is 0 Å². The number of carbonyl (C=O) groups is 1. The van der Waals surface area contributed by atoms with E-state index in [-0.39, 0.29) is 12.4 Å². The van der Waals surface area contributed by atoms with Crippen LogP contribution in [0.5, 0.6) is 0 Å². The molecule has 0 bridgehead atoms. The molecule has 0 atom stereocenters. The van der Waals surface area contributed by atoms with Gasteiger partial charge in [-0.25, -0.2) is 0 Å². The minimum absolute atomic E-state index is 0.0316. The second kappa shape index (κ2) is 7.23. The van der Waals surface area contributed by atoms with Crippen molar-refractivity contribution in [2.24, 2.45) is 0 Å². The Morgan fingerprint density at radius 1 is 1.10 bits per heavy atom. The molecule has 2 aromatic carbocycles. The third-order valence-electron chi connectivity index (χ3n) is 2.64. The molecule has 5 heteroatoms. The number of ether oxygens (including phenoxy) is 1. The minimum Gasteiger partial charge on any atom is -0.369 e. The van der Waals surface area contributed by atoms with Gasteiger partial charge in [0.25, 0.3) is 0 Å². The summed E-state index contributed by atoms with van der Waals surface area (Å²) in [6, 6.07) is 12.5. The first kappa shape index (κ1) is 15.5. The zero-order chi connectivity index (χ0) is 14.5. The van der Waals surface area contributed by atoms with Crippen LogP contribution in [0, 0.1) is 0 Å². The van der Waals surface area contributed by atoms with Crippen LogP contribution in [0.15, 0.2) is 46.9 Å². The van der Waals surface area contributed by atoms with Crippen LogP contribution in [-0.4, -0.2) is 12.4 Å².